The molecule has 0 spiro atoms. The first-order valence-corrected chi connectivity index (χ1v) is 13.8. The van der Waals surface area contributed by atoms with Gasteiger partial charge in [0.15, 0.2) is 5.84 Å². The van der Waals surface area contributed by atoms with Crippen LogP contribution in [0, 0.1) is 5.92 Å². The van der Waals surface area contributed by atoms with Crippen molar-refractivity contribution in [3.63, 3.8) is 0 Å². The molecule has 0 atom stereocenters. The smallest absolute Gasteiger partial charge is 0.285 e. The molecule has 8 heteroatoms. The van der Waals surface area contributed by atoms with Gasteiger partial charge in [0.1, 0.15) is 16.2 Å². The van der Waals surface area contributed by atoms with Gasteiger partial charge in [0.25, 0.3) is 10.0 Å². The summed E-state index contributed by atoms with van der Waals surface area (Å²) in [6.07, 6.45) is 4.33. The molecule has 1 saturated heterocycles. The van der Waals surface area contributed by atoms with Crippen molar-refractivity contribution in [3.8, 4) is 0 Å². The number of sulfonamides is 1. The highest BCUT2D eigenvalue weighted by Gasteiger charge is 2.35. The van der Waals surface area contributed by atoms with Crippen LogP contribution >= 0.6 is 0 Å². The number of para-hydroxylation sites is 1. The van der Waals surface area contributed by atoms with Gasteiger partial charge in [-0.2, -0.15) is 8.42 Å². The van der Waals surface area contributed by atoms with Gasteiger partial charge in [-0.15, -0.1) is 4.40 Å². The fourth-order valence-corrected chi connectivity index (χ4v) is 6.37. The highest BCUT2D eigenvalue weighted by Crippen LogP contribution is 2.31. The SMILES string of the molecule is CCCCc1oc2ccccc2c1CN(C)C(=O)C1CCN(C2=NS(=O)(=O)c3ccccc32)CC1. The Morgan fingerprint density at radius 1 is 1.11 bits per heavy atom. The van der Waals surface area contributed by atoms with Gasteiger partial charge in [0, 0.05) is 55.5 Å². The zero-order valence-corrected chi connectivity index (χ0v) is 21.1. The van der Waals surface area contributed by atoms with E-state index in [1.165, 1.54) is 0 Å². The summed E-state index contributed by atoms with van der Waals surface area (Å²) in [5, 5.41) is 1.08. The number of aryl methyl sites for hydroxylation is 1. The first kappa shape index (κ1) is 23.6. The number of amides is 1. The maximum Gasteiger partial charge on any atom is 0.285 e. The van der Waals surface area contributed by atoms with E-state index in [1.807, 2.05) is 41.1 Å². The molecule has 7 nitrogen and oxygen atoms in total. The van der Waals surface area contributed by atoms with E-state index in [4.69, 9.17) is 4.42 Å². The van der Waals surface area contributed by atoms with Crippen LogP contribution < -0.4 is 0 Å². The van der Waals surface area contributed by atoms with Crippen molar-refractivity contribution in [2.45, 2.75) is 50.5 Å². The van der Waals surface area contributed by atoms with Crippen molar-refractivity contribution in [1.29, 1.82) is 0 Å². The number of piperidine rings is 1. The molecule has 1 aromatic heterocycles. The molecular weight excluding hydrogens is 462 g/mol. The van der Waals surface area contributed by atoms with Gasteiger partial charge in [-0.1, -0.05) is 43.7 Å². The Bertz CT molecular complexity index is 1380. The van der Waals surface area contributed by atoms with E-state index >= 15 is 0 Å². The van der Waals surface area contributed by atoms with Crippen LogP contribution in [0.15, 0.2) is 62.2 Å². The normalized spacial score (nSPS) is 17.4. The molecule has 0 bridgehead atoms. The first-order valence-electron chi connectivity index (χ1n) is 12.3. The Morgan fingerprint density at radius 2 is 1.83 bits per heavy atom. The molecule has 0 N–H and O–H groups in total. The largest absolute Gasteiger partial charge is 0.461 e. The van der Waals surface area contributed by atoms with E-state index in [-0.39, 0.29) is 16.7 Å². The van der Waals surface area contributed by atoms with E-state index in [9.17, 15) is 13.2 Å². The first-order chi connectivity index (χ1) is 16.9. The van der Waals surface area contributed by atoms with Crippen LogP contribution in [0.3, 0.4) is 0 Å². The maximum atomic E-state index is 13.4. The summed E-state index contributed by atoms with van der Waals surface area (Å²) >= 11 is 0. The van der Waals surface area contributed by atoms with Gasteiger partial charge in [-0.05, 0) is 37.5 Å². The van der Waals surface area contributed by atoms with Crippen LogP contribution in [-0.2, 0) is 27.8 Å². The minimum Gasteiger partial charge on any atom is -0.461 e. The van der Waals surface area contributed by atoms with E-state index in [0.717, 1.165) is 41.6 Å². The topological polar surface area (TPSA) is 83.2 Å². The quantitative estimate of drug-likeness (QED) is 0.501. The highest BCUT2D eigenvalue weighted by molar-refractivity contribution is 7.90. The lowest BCUT2D eigenvalue weighted by Gasteiger charge is -2.34. The Balaban J connectivity index is 1.27. The predicted molar refractivity (Wildman–Crippen MR) is 136 cm³/mol. The monoisotopic (exact) mass is 493 g/mol. The summed E-state index contributed by atoms with van der Waals surface area (Å²) in [6.45, 7) is 3.88. The number of carbonyl (C=O) groups excluding carboxylic acids is 1. The number of likely N-dealkylation sites (tertiary alicyclic amines) is 1. The minimum absolute atomic E-state index is 0.0950. The van der Waals surface area contributed by atoms with Crippen molar-refractivity contribution in [2.75, 3.05) is 20.1 Å². The highest BCUT2D eigenvalue weighted by atomic mass is 32.2. The number of unbranched alkanes of at least 4 members (excludes halogenated alkanes) is 1. The molecule has 0 unspecified atom stereocenters. The van der Waals surface area contributed by atoms with Crippen LogP contribution in [-0.4, -0.2) is 50.1 Å². The molecule has 3 aromatic rings. The number of nitrogens with zero attached hydrogens (tertiary/aromatic N) is 3. The molecule has 0 saturated carbocycles. The van der Waals surface area contributed by atoms with Crippen LogP contribution in [0.1, 0.15) is 49.5 Å². The standard InChI is InChI=1S/C27H31N3O4S/c1-3-4-11-24-22(20-9-5-7-12-23(20)34-24)18-29(2)27(31)19-14-16-30(17-15-19)26-21-10-6-8-13-25(21)35(32,33)28-26/h5-10,12-13,19H,3-4,11,14-18H2,1-2H3. The molecule has 1 fully saturated rings. The van der Waals surface area contributed by atoms with Crippen molar-refractivity contribution < 1.29 is 17.6 Å². The number of hydrogen-bond acceptors (Lipinski definition) is 5. The lowest BCUT2D eigenvalue weighted by atomic mass is 9.94. The van der Waals surface area contributed by atoms with Crippen LogP contribution in [0.2, 0.25) is 0 Å². The summed E-state index contributed by atoms with van der Waals surface area (Å²) in [5.41, 5.74) is 2.63. The number of amidine groups is 1. The van der Waals surface area contributed by atoms with Crippen LogP contribution in [0.25, 0.3) is 11.0 Å². The van der Waals surface area contributed by atoms with Crippen molar-refractivity contribution >= 4 is 32.7 Å². The van der Waals surface area contributed by atoms with E-state index in [0.29, 0.717) is 43.9 Å². The lowest BCUT2D eigenvalue weighted by molar-refractivity contribution is -0.136. The zero-order valence-electron chi connectivity index (χ0n) is 20.2. The third kappa shape index (κ3) is 4.47. The molecule has 2 aromatic carbocycles. The Hall–Kier alpha value is -3.13. The third-order valence-corrected chi connectivity index (χ3v) is 8.39. The van der Waals surface area contributed by atoms with E-state index in [1.54, 1.807) is 18.2 Å². The second kappa shape index (κ2) is 9.49. The molecule has 0 aliphatic carbocycles. The van der Waals surface area contributed by atoms with Gasteiger partial charge in [0.2, 0.25) is 5.91 Å². The minimum atomic E-state index is -3.64. The van der Waals surface area contributed by atoms with Gasteiger partial charge >= 0.3 is 0 Å². The molecular formula is C27H31N3O4S. The molecule has 2 aliphatic heterocycles. The van der Waals surface area contributed by atoms with Crippen molar-refractivity contribution in [2.24, 2.45) is 10.3 Å². The Kier molecular flexibility index (Phi) is 6.40. The maximum absolute atomic E-state index is 13.4. The number of furan rings is 1. The number of hydrogen-bond donors (Lipinski definition) is 0. The molecule has 1 amide bonds. The van der Waals surface area contributed by atoms with E-state index < -0.39 is 10.0 Å². The summed E-state index contributed by atoms with van der Waals surface area (Å²) in [4.78, 5) is 17.4. The zero-order chi connectivity index (χ0) is 24.6. The molecule has 3 heterocycles. The molecule has 5 rings (SSSR count). The van der Waals surface area contributed by atoms with Gasteiger partial charge in [0.05, 0.1) is 0 Å². The van der Waals surface area contributed by atoms with Gasteiger partial charge < -0.3 is 14.2 Å². The van der Waals surface area contributed by atoms with Crippen molar-refractivity contribution in [3.05, 3.63) is 65.4 Å². The predicted octanol–water partition coefficient (Wildman–Crippen LogP) is 4.59. The van der Waals surface area contributed by atoms with E-state index in [2.05, 4.69) is 17.4 Å². The fraction of sp³-hybridized carbons (Fsp3) is 0.407. The van der Waals surface area contributed by atoms with Gasteiger partial charge in [-0.3, -0.25) is 4.79 Å². The van der Waals surface area contributed by atoms with Crippen LogP contribution in [0.5, 0.6) is 0 Å². The average molecular weight is 494 g/mol. The summed E-state index contributed by atoms with van der Waals surface area (Å²) in [5.74, 6) is 1.51. The molecule has 2 aliphatic rings. The summed E-state index contributed by atoms with van der Waals surface area (Å²) in [7, 11) is -1.78. The lowest BCUT2D eigenvalue weighted by Crippen LogP contribution is -2.43. The van der Waals surface area contributed by atoms with Gasteiger partial charge in [-0.25, -0.2) is 0 Å². The van der Waals surface area contributed by atoms with Crippen molar-refractivity contribution in [1.82, 2.24) is 9.80 Å². The molecule has 0 radical (unpaired) electrons. The Labute approximate surface area is 206 Å². The second-order valence-electron chi connectivity index (χ2n) is 9.45. The van der Waals surface area contributed by atoms with Crippen LogP contribution in [0.4, 0.5) is 0 Å². The number of carbonyl (C=O) groups is 1. The number of benzene rings is 2. The molecule has 184 valence electrons. The fourth-order valence-electron chi connectivity index (χ4n) is 5.14. The summed E-state index contributed by atoms with van der Waals surface area (Å²) < 4.78 is 35.0. The second-order valence-corrected chi connectivity index (χ2v) is 11.0. The number of rotatable bonds is 6. The molecule has 35 heavy (non-hydrogen) atoms. The number of fused-ring (bicyclic) bond motifs is 2. The Morgan fingerprint density at radius 3 is 2.60 bits per heavy atom. The third-order valence-electron chi connectivity index (χ3n) is 7.07. The summed E-state index contributed by atoms with van der Waals surface area (Å²) in [6, 6.07) is 15.0. The average Bonchev–Trinajstić information content (AvgIpc) is 3.36.